The van der Waals surface area contributed by atoms with Crippen molar-refractivity contribution < 1.29 is 14.3 Å². The van der Waals surface area contributed by atoms with Crippen LogP contribution in [0.15, 0.2) is 12.3 Å². The second kappa shape index (κ2) is 5.88. The van der Waals surface area contributed by atoms with E-state index in [0.29, 0.717) is 31.8 Å². The molecule has 19 heavy (non-hydrogen) atoms. The van der Waals surface area contributed by atoms with Gasteiger partial charge < -0.3 is 19.5 Å². The number of hydrogen-bond acceptors (Lipinski definition) is 3. The van der Waals surface area contributed by atoms with Gasteiger partial charge in [0.1, 0.15) is 6.54 Å². The Morgan fingerprint density at radius 3 is 2.84 bits per heavy atom. The zero-order chi connectivity index (χ0) is 13.8. The molecule has 0 bridgehead atoms. The molecular weight excluding hydrogens is 246 g/mol. The molecule has 0 unspecified atom stereocenters. The first kappa shape index (κ1) is 13.6. The number of aromatic nitrogens is 1. The lowest BCUT2D eigenvalue weighted by Crippen LogP contribution is -2.52. The van der Waals surface area contributed by atoms with Crippen LogP contribution in [0.25, 0.3) is 0 Å². The zero-order valence-corrected chi connectivity index (χ0v) is 11.3. The molecule has 2 rings (SSSR count). The summed E-state index contributed by atoms with van der Waals surface area (Å²) in [4.78, 5) is 30.5. The van der Waals surface area contributed by atoms with Crippen LogP contribution in [0.5, 0.6) is 0 Å². The summed E-state index contributed by atoms with van der Waals surface area (Å²) in [6, 6.07) is 1.75. The van der Waals surface area contributed by atoms with Crippen LogP contribution in [0, 0.1) is 6.92 Å². The summed E-state index contributed by atoms with van der Waals surface area (Å²) in [6.45, 7) is 4.24. The van der Waals surface area contributed by atoms with Gasteiger partial charge in [0.25, 0.3) is 5.91 Å². The van der Waals surface area contributed by atoms with Crippen LogP contribution in [-0.4, -0.2) is 66.5 Å². The van der Waals surface area contributed by atoms with Crippen molar-refractivity contribution in [3.63, 3.8) is 0 Å². The fourth-order valence-electron chi connectivity index (χ4n) is 2.17. The second-order valence-corrected chi connectivity index (χ2v) is 4.62. The minimum Gasteiger partial charge on any atom is -0.383 e. The van der Waals surface area contributed by atoms with Crippen molar-refractivity contribution in [2.24, 2.45) is 0 Å². The van der Waals surface area contributed by atoms with Gasteiger partial charge in [-0.3, -0.25) is 9.59 Å². The largest absolute Gasteiger partial charge is 0.383 e. The van der Waals surface area contributed by atoms with E-state index in [0.717, 1.165) is 5.69 Å². The van der Waals surface area contributed by atoms with Crippen LogP contribution in [0.1, 0.15) is 16.1 Å². The number of aromatic amines is 1. The number of H-pyrrole nitrogens is 1. The Morgan fingerprint density at radius 2 is 2.26 bits per heavy atom. The van der Waals surface area contributed by atoms with E-state index in [-0.39, 0.29) is 18.4 Å². The molecule has 1 aromatic rings. The number of nitrogens with zero attached hydrogens (tertiary/aromatic N) is 2. The van der Waals surface area contributed by atoms with Gasteiger partial charge in [-0.2, -0.15) is 0 Å². The van der Waals surface area contributed by atoms with E-state index >= 15 is 0 Å². The molecule has 0 atom stereocenters. The summed E-state index contributed by atoms with van der Waals surface area (Å²) in [7, 11) is 1.61. The first-order valence-electron chi connectivity index (χ1n) is 6.33. The number of carbonyl (C=O) groups is 2. The molecule has 0 radical (unpaired) electrons. The number of amides is 2. The Hall–Kier alpha value is -1.82. The maximum Gasteiger partial charge on any atom is 0.256 e. The molecule has 1 aliphatic rings. The summed E-state index contributed by atoms with van der Waals surface area (Å²) in [5, 5.41) is 0. The Morgan fingerprint density at radius 1 is 1.47 bits per heavy atom. The summed E-state index contributed by atoms with van der Waals surface area (Å²) in [5.74, 6) is -0.108. The number of piperazine rings is 1. The monoisotopic (exact) mass is 265 g/mol. The standard InChI is InChI=1S/C13H19N3O3/c1-10-11(3-4-14-10)13(18)16-6-5-15(7-8-19-2)12(17)9-16/h3-4,14H,5-9H2,1-2H3. The molecule has 1 aromatic heterocycles. The van der Waals surface area contributed by atoms with Gasteiger partial charge in [-0.25, -0.2) is 0 Å². The van der Waals surface area contributed by atoms with E-state index in [9.17, 15) is 9.59 Å². The number of aryl methyl sites for hydroxylation is 1. The van der Waals surface area contributed by atoms with Crippen molar-refractivity contribution in [3.05, 3.63) is 23.5 Å². The van der Waals surface area contributed by atoms with Gasteiger partial charge in [0.2, 0.25) is 5.91 Å². The van der Waals surface area contributed by atoms with E-state index in [1.54, 1.807) is 29.2 Å². The molecule has 1 N–H and O–H groups in total. The van der Waals surface area contributed by atoms with Crippen molar-refractivity contribution in [2.45, 2.75) is 6.92 Å². The summed E-state index contributed by atoms with van der Waals surface area (Å²) in [5.41, 5.74) is 1.47. The molecule has 1 fully saturated rings. The van der Waals surface area contributed by atoms with E-state index in [4.69, 9.17) is 4.74 Å². The Balaban J connectivity index is 1.97. The molecule has 2 heterocycles. The maximum atomic E-state index is 12.3. The number of carbonyl (C=O) groups excluding carboxylic acids is 2. The normalized spacial score (nSPS) is 16.0. The first-order chi connectivity index (χ1) is 9.13. The minimum absolute atomic E-state index is 0.0233. The third-order valence-electron chi connectivity index (χ3n) is 3.36. The molecule has 104 valence electrons. The number of hydrogen-bond donors (Lipinski definition) is 1. The lowest BCUT2D eigenvalue weighted by atomic mass is 10.2. The van der Waals surface area contributed by atoms with Gasteiger partial charge in [0.15, 0.2) is 0 Å². The van der Waals surface area contributed by atoms with Crippen molar-refractivity contribution in [3.8, 4) is 0 Å². The third kappa shape index (κ3) is 2.96. The minimum atomic E-state index is -0.0847. The highest BCUT2D eigenvalue weighted by Crippen LogP contribution is 2.12. The molecular formula is C13H19N3O3. The van der Waals surface area contributed by atoms with Crippen LogP contribution < -0.4 is 0 Å². The molecule has 1 aliphatic heterocycles. The van der Waals surface area contributed by atoms with Crippen molar-refractivity contribution in [2.75, 3.05) is 39.9 Å². The SMILES string of the molecule is COCCN1CCN(C(=O)c2cc[nH]c2C)CC1=O. The molecule has 0 spiro atoms. The van der Waals surface area contributed by atoms with Gasteiger partial charge in [-0.1, -0.05) is 0 Å². The highest BCUT2D eigenvalue weighted by molar-refractivity contribution is 5.97. The van der Waals surface area contributed by atoms with Crippen LogP contribution in [0.3, 0.4) is 0 Å². The number of methoxy groups -OCH3 is 1. The Bertz CT molecular complexity index is 469. The number of nitrogens with one attached hydrogen (secondary N) is 1. The molecule has 0 aromatic carbocycles. The van der Waals surface area contributed by atoms with E-state index in [1.807, 2.05) is 6.92 Å². The third-order valence-corrected chi connectivity index (χ3v) is 3.36. The lowest BCUT2D eigenvalue weighted by Gasteiger charge is -2.34. The van der Waals surface area contributed by atoms with Gasteiger partial charge in [0, 0.05) is 38.6 Å². The van der Waals surface area contributed by atoms with Gasteiger partial charge in [0.05, 0.1) is 12.2 Å². The van der Waals surface area contributed by atoms with Crippen LogP contribution in [0.2, 0.25) is 0 Å². The van der Waals surface area contributed by atoms with E-state index in [1.165, 1.54) is 0 Å². The predicted octanol–water partition coefficient (Wildman–Crippen LogP) is 0.254. The van der Waals surface area contributed by atoms with Crippen molar-refractivity contribution in [1.82, 2.24) is 14.8 Å². The number of rotatable bonds is 4. The fraction of sp³-hybridized carbons (Fsp3) is 0.538. The van der Waals surface area contributed by atoms with Crippen molar-refractivity contribution in [1.29, 1.82) is 0 Å². The van der Waals surface area contributed by atoms with E-state index in [2.05, 4.69) is 4.98 Å². The van der Waals surface area contributed by atoms with Gasteiger partial charge in [-0.15, -0.1) is 0 Å². The Kier molecular flexibility index (Phi) is 4.21. The lowest BCUT2D eigenvalue weighted by molar-refractivity contribution is -0.135. The molecule has 6 heteroatoms. The Labute approximate surface area is 112 Å². The highest BCUT2D eigenvalue weighted by atomic mass is 16.5. The van der Waals surface area contributed by atoms with Crippen LogP contribution >= 0.6 is 0 Å². The van der Waals surface area contributed by atoms with E-state index < -0.39 is 0 Å². The highest BCUT2D eigenvalue weighted by Gasteiger charge is 2.28. The first-order valence-corrected chi connectivity index (χ1v) is 6.33. The molecule has 6 nitrogen and oxygen atoms in total. The maximum absolute atomic E-state index is 12.3. The average molecular weight is 265 g/mol. The molecule has 0 saturated carbocycles. The molecule has 0 aliphatic carbocycles. The average Bonchev–Trinajstić information content (AvgIpc) is 2.82. The van der Waals surface area contributed by atoms with Gasteiger partial charge >= 0.3 is 0 Å². The van der Waals surface area contributed by atoms with Crippen LogP contribution in [0.4, 0.5) is 0 Å². The molecule has 1 saturated heterocycles. The molecule has 2 amide bonds. The summed E-state index contributed by atoms with van der Waals surface area (Å²) < 4.78 is 4.96. The van der Waals surface area contributed by atoms with Crippen LogP contribution in [-0.2, 0) is 9.53 Å². The number of ether oxygens (including phenoxy) is 1. The predicted molar refractivity (Wildman–Crippen MR) is 69.9 cm³/mol. The topological polar surface area (TPSA) is 65.6 Å². The summed E-state index contributed by atoms with van der Waals surface area (Å²) in [6.07, 6.45) is 1.74. The summed E-state index contributed by atoms with van der Waals surface area (Å²) >= 11 is 0. The fourth-order valence-corrected chi connectivity index (χ4v) is 2.17. The van der Waals surface area contributed by atoms with Gasteiger partial charge in [-0.05, 0) is 13.0 Å². The smallest absolute Gasteiger partial charge is 0.256 e. The van der Waals surface area contributed by atoms with Crippen molar-refractivity contribution >= 4 is 11.8 Å². The quantitative estimate of drug-likeness (QED) is 0.849. The zero-order valence-electron chi connectivity index (χ0n) is 11.3. The second-order valence-electron chi connectivity index (χ2n) is 4.62.